The molecule has 0 saturated carbocycles. The van der Waals surface area contributed by atoms with Crippen LogP contribution in [0.25, 0.3) is 0 Å². The minimum absolute atomic E-state index is 0.0659. The topological polar surface area (TPSA) is 29.1 Å². The van der Waals surface area contributed by atoms with Gasteiger partial charge in [0, 0.05) is 5.02 Å². The molecule has 1 amide bonds. The molecule has 1 aromatic carbocycles. The summed E-state index contributed by atoms with van der Waals surface area (Å²) < 4.78 is 0. The Bertz CT molecular complexity index is 288. The number of nitrogens with one attached hydrogen (secondary N) is 1. The first-order valence-electron chi connectivity index (χ1n) is 4.23. The summed E-state index contributed by atoms with van der Waals surface area (Å²) in [7, 11) is 0. The number of amides is 1. The molecule has 1 N–H and O–H groups in total. The van der Waals surface area contributed by atoms with Gasteiger partial charge in [-0.15, -0.1) is 0 Å². The van der Waals surface area contributed by atoms with Crippen molar-refractivity contribution in [2.75, 3.05) is 0 Å². The molecule has 0 aliphatic rings. The van der Waals surface area contributed by atoms with E-state index in [4.69, 9.17) is 11.6 Å². The van der Waals surface area contributed by atoms with Crippen LogP contribution < -0.4 is 5.32 Å². The SMILES string of the molecule is CC[C@@H](NC=O)c1cccc(Cl)c1. The van der Waals surface area contributed by atoms with Gasteiger partial charge >= 0.3 is 0 Å². The molecule has 0 bridgehead atoms. The highest BCUT2D eigenvalue weighted by Gasteiger charge is 2.06. The Labute approximate surface area is 82.9 Å². The van der Waals surface area contributed by atoms with Crippen LogP contribution in [0.4, 0.5) is 0 Å². The summed E-state index contributed by atoms with van der Waals surface area (Å²) in [4.78, 5) is 10.3. The van der Waals surface area contributed by atoms with Crippen LogP contribution in [0.1, 0.15) is 24.9 Å². The molecule has 0 aliphatic carbocycles. The molecule has 1 rings (SSSR count). The van der Waals surface area contributed by atoms with E-state index in [0.717, 1.165) is 18.4 Å². The molecule has 13 heavy (non-hydrogen) atoms. The van der Waals surface area contributed by atoms with Crippen molar-refractivity contribution in [3.63, 3.8) is 0 Å². The van der Waals surface area contributed by atoms with Crippen LogP contribution in [-0.2, 0) is 4.79 Å². The van der Waals surface area contributed by atoms with Gasteiger partial charge in [0.1, 0.15) is 0 Å². The first-order chi connectivity index (χ1) is 6.27. The molecule has 0 spiro atoms. The van der Waals surface area contributed by atoms with Gasteiger partial charge < -0.3 is 5.32 Å². The first-order valence-corrected chi connectivity index (χ1v) is 4.61. The van der Waals surface area contributed by atoms with Crippen LogP contribution >= 0.6 is 11.6 Å². The Morgan fingerprint density at radius 3 is 2.92 bits per heavy atom. The summed E-state index contributed by atoms with van der Waals surface area (Å²) in [5.41, 5.74) is 1.04. The molecule has 0 aliphatic heterocycles. The van der Waals surface area contributed by atoms with E-state index in [-0.39, 0.29) is 6.04 Å². The summed E-state index contributed by atoms with van der Waals surface area (Å²) in [6.07, 6.45) is 1.58. The summed E-state index contributed by atoms with van der Waals surface area (Å²) in [5.74, 6) is 0. The molecule has 2 nitrogen and oxygen atoms in total. The fraction of sp³-hybridized carbons (Fsp3) is 0.300. The van der Waals surface area contributed by atoms with Crippen molar-refractivity contribution in [3.05, 3.63) is 34.9 Å². The van der Waals surface area contributed by atoms with Gasteiger partial charge in [0.25, 0.3) is 0 Å². The van der Waals surface area contributed by atoms with Gasteiger partial charge in [-0.05, 0) is 24.1 Å². The lowest BCUT2D eigenvalue weighted by Crippen LogP contribution is -2.18. The smallest absolute Gasteiger partial charge is 0.207 e. The monoisotopic (exact) mass is 197 g/mol. The fourth-order valence-corrected chi connectivity index (χ4v) is 1.45. The fourth-order valence-electron chi connectivity index (χ4n) is 1.26. The Balaban J connectivity index is 2.84. The van der Waals surface area contributed by atoms with Crippen molar-refractivity contribution >= 4 is 18.0 Å². The predicted octanol–water partition coefficient (Wildman–Crippen LogP) is 2.54. The minimum Gasteiger partial charge on any atom is -0.352 e. The van der Waals surface area contributed by atoms with Gasteiger partial charge in [-0.25, -0.2) is 0 Å². The third kappa shape index (κ3) is 2.74. The van der Waals surface area contributed by atoms with Gasteiger partial charge in [-0.1, -0.05) is 30.7 Å². The molecule has 70 valence electrons. The van der Waals surface area contributed by atoms with Gasteiger partial charge in [-0.3, -0.25) is 4.79 Å². The average Bonchev–Trinajstić information content (AvgIpc) is 2.14. The maximum Gasteiger partial charge on any atom is 0.207 e. The van der Waals surface area contributed by atoms with E-state index in [1.54, 1.807) is 0 Å². The number of hydrogen-bond donors (Lipinski definition) is 1. The molecular weight excluding hydrogens is 186 g/mol. The Morgan fingerprint density at radius 1 is 1.62 bits per heavy atom. The number of carbonyl (C=O) groups excluding carboxylic acids is 1. The second-order valence-electron chi connectivity index (χ2n) is 2.80. The van der Waals surface area contributed by atoms with E-state index in [0.29, 0.717) is 5.02 Å². The van der Waals surface area contributed by atoms with Crippen molar-refractivity contribution in [1.82, 2.24) is 5.32 Å². The second kappa shape index (κ2) is 4.87. The molecule has 1 aromatic rings. The molecule has 3 heteroatoms. The number of hydrogen-bond acceptors (Lipinski definition) is 1. The van der Waals surface area contributed by atoms with Crippen molar-refractivity contribution in [1.29, 1.82) is 0 Å². The zero-order chi connectivity index (χ0) is 9.68. The quantitative estimate of drug-likeness (QED) is 0.739. The van der Waals surface area contributed by atoms with Crippen molar-refractivity contribution in [3.8, 4) is 0 Å². The van der Waals surface area contributed by atoms with E-state index in [1.165, 1.54) is 0 Å². The Morgan fingerprint density at radius 2 is 2.38 bits per heavy atom. The summed E-state index contributed by atoms with van der Waals surface area (Å²) >= 11 is 5.83. The van der Waals surface area contributed by atoms with Gasteiger partial charge in [-0.2, -0.15) is 0 Å². The van der Waals surface area contributed by atoms with Crippen LogP contribution in [0.3, 0.4) is 0 Å². The highest BCUT2D eigenvalue weighted by molar-refractivity contribution is 6.30. The largest absolute Gasteiger partial charge is 0.352 e. The van der Waals surface area contributed by atoms with Crippen LogP contribution in [0.2, 0.25) is 5.02 Å². The second-order valence-corrected chi connectivity index (χ2v) is 3.24. The number of benzene rings is 1. The molecule has 0 saturated heterocycles. The molecule has 1 atom stereocenters. The lowest BCUT2D eigenvalue weighted by atomic mass is 10.1. The van der Waals surface area contributed by atoms with Gasteiger partial charge in [0.05, 0.1) is 6.04 Å². The van der Waals surface area contributed by atoms with Crippen molar-refractivity contribution in [2.45, 2.75) is 19.4 Å². The van der Waals surface area contributed by atoms with E-state index >= 15 is 0 Å². The highest BCUT2D eigenvalue weighted by atomic mass is 35.5. The standard InChI is InChI=1S/C10H12ClNO/c1-2-10(12-7-13)8-4-3-5-9(11)6-8/h3-7,10H,2H2,1H3,(H,12,13)/t10-/m1/s1. The normalized spacial score (nSPS) is 12.2. The predicted molar refractivity (Wildman–Crippen MR) is 53.7 cm³/mol. The van der Waals surface area contributed by atoms with E-state index in [9.17, 15) is 4.79 Å². The highest BCUT2D eigenvalue weighted by Crippen LogP contribution is 2.19. The summed E-state index contributed by atoms with van der Waals surface area (Å²) in [6.45, 7) is 2.02. The lowest BCUT2D eigenvalue weighted by molar-refractivity contribution is -0.110. The van der Waals surface area contributed by atoms with Crippen LogP contribution in [0, 0.1) is 0 Å². The minimum atomic E-state index is 0.0659. The van der Waals surface area contributed by atoms with E-state index in [2.05, 4.69) is 5.32 Å². The molecule has 0 heterocycles. The summed E-state index contributed by atoms with van der Waals surface area (Å²) in [6, 6.07) is 7.59. The summed E-state index contributed by atoms with van der Waals surface area (Å²) in [5, 5.41) is 3.43. The lowest BCUT2D eigenvalue weighted by Gasteiger charge is -2.13. The number of carbonyl (C=O) groups is 1. The Hall–Kier alpha value is -1.02. The molecule has 0 aromatic heterocycles. The zero-order valence-electron chi connectivity index (χ0n) is 7.46. The third-order valence-corrected chi connectivity index (χ3v) is 2.16. The third-order valence-electron chi connectivity index (χ3n) is 1.93. The molecular formula is C10H12ClNO. The molecule has 0 fully saturated rings. The van der Waals surface area contributed by atoms with Gasteiger partial charge in [0.15, 0.2) is 0 Å². The van der Waals surface area contributed by atoms with Gasteiger partial charge in [0.2, 0.25) is 6.41 Å². The van der Waals surface area contributed by atoms with Crippen molar-refractivity contribution in [2.24, 2.45) is 0 Å². The number of halogens is 1. The molecule has 0 radical (unpaired) electrons. The van der Waals surface area contributed by atoms with E-state index < -0.39 is 0 Å². The first kappa shape index (κ1) is 10.1. The maximum atomic E-state index is 10.3. The Kier molecular flexibility index (Phi) is 3.77. The average molecular weight is 198 g/mol. The molecule has 0 unspecified atom stereocenters. The van der Waals surface area contributed by atoms with E-state index in [1.807, 2.05) is 31.2 Å². The zero-order valence-corrected chi connectivity index (χ0v) is 8.21. The van der Waals surface area contributed by atoms with Crippen molar-refractivity contribution < 1.29 is 4.79 Å². The maximum absolute atomic E-state index is 10.3. The van der Waals surface area contributed by atoms with Crippen LogP contribution in [0.5, 0.6) is 0 Å². The van der Waals surface area contributed by atoms with Crippen LogP contribution in [-0.4, -0.2) is 6.41 Å². The van der Waals surface area contributed by atoms with Crippen LogP contribution in [0.15, 0.2) is 24.3 Å². The number of rotatable bonds is 4.